The van der Waals surface area contributed by atoms with Crippen molar-refractivity contribution in [1.29, 1.82) is 0 Å². The van der Waals surface area contributed by atoms with E-state index in [1.807, 2.05) is 0 Å². The first-order valence-corrected chi connectivity index (χ1v) is 5.19. The molecule has 0 fully saturated rings. The third-order valence-electron chi connectivity index (χ3n) is 2.24. The van der Waals surface area contributed by atoms with E-state index >= 15 is 0 Å². The molecular formula is C10H22N2O2. The van der Waals surface area contributed by atoms with Gasteiger partial charge in [0.25, 0.3) is 0 Å². The molecule has 2 atom stereocenters. The maximum absolute atomic E-state index is 11.0. The number of carbonyl (C=O) groups excluding carboxylic acids is 1. The summed E-state index contributed by atoms with van der Waals surface area (Å²) in [6.07, 6.45) is 3.16. The first kappa shape index (κ1) is 13.4. The van der Waals surface area contributed by atoms with Crippen molar-refractivity contribution >= 4 is 5.91 Å². The van der Waals surface area contributed by atoms with Gasteiger partial charge in [0.15, 0.2) is 0 Å². The van der Waals surface area contributed by atoms with Crippen LogP contribution in [0.2, 0.25) is 0 Å². The van der Waals surface area contributed by atoms with Crippen LogP contribution in [0, 0.1) is 0 Å². The van der Waals surface area contributed by atoms with Crippen LogP contribution < -0.4 is 11.1 Å². The predicted molar refractivity (Wildman–Crippen MR) is 57.0 cm³/mol. The molecule has 4 heteroatoms. The fourth-order valence-electron chi connectivity index (χ4n) is 1.42. The van der Waals surface area contributed by atoms with Gasteiger partial charge in [-0.3, -0.25) is 4.79 Å². The molecular weight excluding hydrogens is 180 g/mol. The van der Waals surface area contributed by atoms with Crippen molar-refractivity contribution < 1.29 is 9.53 Å². The smallest absolute Gasteiger partial charge is 0.236 e. The predicted octanol–water partition coefficient (Wildman–Crippen LogP) is 0.655. The number of hydrogen-bond donors (Lipinski definition) is 2. The van der Waals surface area contributed by atoms with Crippen LogP contribution >= 0.6 is 0 Å². The van der Waals surface area contributed by atoms with Crippen molar-refractivity contribution in [2.45, 2.75) is 45.2 Å². The highest BCUT2D eigenvalue weighted by Crippen LogP contribution is 2.02. The summed E-state index contributed by atoms with van der Waals surface area (Å²) in [4.78, 5) is 11.0. The van der Waals surface area contributed by atoms with Crippen molar-refractivity contribution in [2.75, 3.05) is 13.7 Å². The summed E-state index contributed by atoms with van der Waals surface area (Å²) in [5.74, 6) is -0.346. The summed E-state index contributed by atoms with van der Waals surface area (Å²) in [6.45, 7) is 4.56. The highest BCUT2D eigenvalue weighted by molar-refractivity contribution is 5.80. The summed E-state index contributed by atoms with van der Waals surface area (Å²) in [7, 11) is 1.57. The summed E-state index contributed by atoms with van der Waals surface area (Å²) in [5, 5.41) is 3.21. The van der Waals surface area contributed by atoms with E-state index in [1.54, 1.807) is 7.11 Å². The lowest BCUT2D eigenvalue weighted by molar-refractivity contribution is -0.121. The fraction of sp³-hybridized carbons (Fsp3) is 0.900. The molecule has 0 aliphatic carbocycles. The molecule has 0 spiro atoms. The van der Waals surface area contributed by atoms with E-state index in [9.17, 15) is 4.79 Å². The van der Waals surface area contributed by atoms with E-state index in [0.717, 1.165) is 19.3 Å². The number of nitrogens with two attached hydrogens (primary N) is 1. The van der Waals surface area contributed by atoms with Gasteiger partial charge in [-0.05, 0) is 12.8 Å². The first-order chi connectivity index (χ1) is 6.65. The van der Waals surface area contributed by atoms with E-state index in [-0.39, 0.29) is 11.9 Å². The second kappa shape index (κ2) is 7.76. The van der Waals surface area contributed by atoms with Crippen molar-refractivity contribution in [1.82, 2.24) is 5.32 Å². The van der Waals surface area contributed by atoms with Gasteiger partial charge in [-0.15, -0.1) is 0 Å². The maximum Gasteiger partial charge on any atom is 0.236 e. The van der Waals surface area contributed by atoms with Crippen molar-refractivity contribution in [3.63, 3.8) is 0 Å². The molecule has 0 heterocycles. The van der Waals surface area contributed by atoms with Crippen LogP contribution in [0.4, 0.5) is 0 Å². The van der Waals surface area contributed by atoms with Gasteiger partial charge in [-0.1, -0.05) is 20.3 Å². The van der Waals surface area contributed by atoms with Gasteiger partial charge in [0, 0.05) is 13.2 Å². The van der Waals surface area contributed by atoms with Gasteiger partial charge in [-0.2, -0.15) is 0 Å². The highest BCUT2D eigenvalue weighted by Gasteiger charge is 2.17. The van der Waals surface area contributed by atoms with E-state index in [0.29, 0.717) is 12.6 Å². The van der Waals surface area contributed by atoms with E-state index < -0.39 is 0 Å². The first-order valence-electron chi connectivity index (χ1n) is 5.19. The molecule has 0 rings (SSSR count). The molecule has 0 radical (unpaired) electrons. The van der Waals surface area contributed by atoms with Gasteiger partial charge >= 0.3 is 0 Å². The minimum atomic E-state index is -0.364. The van der Waals surface area contributed by atoms with Crippen molar-refractivity contribution in [3.8, 4) is 0 Å². The zero-order valence-corrected chi connectivity index (χ0v) is 9.38. The van der Waals surface area contributed by atoms with Crippen molar-refractivity contribution in [2.24, 2.45) is 5.73 Å². The third kappa shape index (κ3) is 5.19. The van der Waals surface area contributed by atoms with Crippen molar-refractivity contribution in [3.05, 3.63) is 0 Å². The minimum Gasteiger partial charge on any atom is -0.383 e. The largest absolute Gasteiger partial charge is 0.383 e. The molecule has 0 aliphatic rings. The Hall–Kier alpha value is -0.610. The van der Waals surface area contributed by atoms with Gasteiger partial charge in [-0.25, -0.2) is 0 Å². The van der Waals surface area contributed by atoms with Gasteiger partial charge < -0.3 is 15.8 Å². The number of carbonyl (C=O) groups is 1. The van der Waals surface area contributed by atoms with Crippen LogP contribution in [-0.2, 0) is 9.53 Å². The van der Waals surface area contributed by atoms with Gasteiger partial charge in [0.1, 0.15) is 6.04 Å². The minimum absolute atomic E-state index is 0.343. The Morgan fingerprint density at radius 1 is 1.50 bits per heavy atom. The Balaban J connectivity index is 4.03. The van der Waals surface area contributed by atoms with E-state index in [4.69, 9.17) is 10.5 Å². The van der Waals surface area contributed by atoms with Crippen LogP contribution in [0.3, 0.4) is 0 Å². The Labute approximate surface area is 86.2 Å². The summed E-state index contributed by atoms with van der Waals surface area (Å²) in [5.41, 5.74) is 5.24. The van der Waals surface area contributed by atoms with Gasteiger partial charge in [0.2, 0.25) is 5.91 Å². The summed E-state index contributed by atoms with van der Waals surface area (Å²) in [6, 6.07) is -0.0100. The molecule has 0 aromatic rings. The van der Waals surface area contributed by atoms with Crippen LogP contribution in [0.1, 0.15) is 33.1 Å². The molecule has 4 nitrogen and oxygen atoms in total. The highest BCUT2D eigenvalue weighted by atomic mass is 16.5. The molecule has 0 saturated heterocycles. The quantitative estimate of drug-likeness (QED) is 0.607. The number of amides is 1. The molecule has 1 amide bonds. The average Bonchev–Trinajstić information content (AvgIpc) is 2.15. The van der Waals surface area contributed by atoms with E-state index in [1.165, 1.54) is 0 Å². The molecule has 0 aliphatic heterocycles. The molecule has 0 aromatic heterocycles. The summed E-state index contributed by atoms with van der Waals surface area (Å²) < 4.78 is 4.93. The Morgan fingerprint density at radius 3 is 2.50 bits per heavy atom. The van der Waals surface area contributed by atoms with Crippen LogP contribution in [0.25, 0.3) is 0 Å². The molecule has 0 aromatic carbocycles. The van der Waals surface area contributed by atoms with Crippen LogP contribution in [-0.4, -0.2) is 31.7 Å². The molecule has 84 valence electrons. The molecule has 0 bridgehead atoms. The topological polar surface area (TPSA) is 64.3 Å². The standard InChI is InChI=1S/C10H22N2O2/c1-4-6-8(5-2)12-9(7-14-3)10(11)13/h8-9,12H,4-7H2,1-3H3,(H2,11,13). The lowest BCUT2D eigenvalue weighted by atomic mass is 10.1. The number of rotatable bonds is 8. The Bertz CT molecular complexity index is 162. The van der Waals surface area contributed by atoms with Gasteiger partial charge in [0.05, 0.1) is 6.61 Å². The lowest BCUT2D eigenvalue weighted by Crippen LogP contribution is -2.48. The monoisotopic (exact) mass is 202 g/mol. The summed E-state index contributed by atoms with van der Waals surface area (Å²) >= 11 is 0. The second-order valence-electron chi connectivity index (χ2n) is 3.47. The normalized spacial score (nSPS) is 15.1. The zero-order valence-electron chi connectivity index (χ0n) is 9.38. The fourth-order valence-corrected chi connectivity index (χ4v) is 1.42. The molecule has 14 heavy (non-hydrogen) atoms. The van der Waals surface area contributed by atoms with Crippen LogP contribution in [0.5, 0.6) is 0 Å². The van der Waals surface area contributed by atoms with Crippen LogP contribution in [0.15, 0.2) is 0 Å². The Kier molecular flexibility index (Phi) is 7.42. The lowest BCUT2D eigenvalue weighted by Gasteiger charge is -2.21. The number of methoxy groups -OCH3 is 1. The Morgan fingerprint density at radius 2 is 2.14 bits per heavy atom. The number of primary amides is 1. The number of hydrogen-bond acceptors (Lipinski definition) is 3. The SMILES string of the molecule is CCCC(CC)NC(COC)C(N)=O. The zero-order chi connectivity index (χ0) is 11.0. The number of nitrogens with one attached hydrogen (secondary N) is 1. The molecule has 0 saturated carbocycles. The second-order valence-corrected chi connectivity index (χ2v) is 3.47. The average molecular weight is 202 g/mol. The number of ether oxygens (including phenoxy) is 1. The molecule has 3 N–H and O–H groups in total. The molecule has 2 unspecified atom stereocenters. The third-order valence-corrected chi connectivity index (χ3v) is 2.24. The maximum atomic E-state index is 11.0. The van der Waals surface area contributed by atoms with E-state index in [2.05, 4.69) is 19.2 Å².